The first-order chi connectivity index (χ1) is 23.7. The van der Waals surface area contributed by atoms with Crippen LogP contribution in [-0.2, 0) is 11.2 Å². The molecule has 1 aromatic heterocycles. The van der Waals surface area contributed by atoms with E-state index in [1.807, 2.05) is 134 Å². The Bertz CT molecular complexity index is 1970. The number of nitrogens with zero attached hydrogens (tertiary/aromatic N) is 1. The number of hydrogen-bond acceptors (Lipinski definition) is 4. The molecular weight excluding hydrogens is 836 g/mol. The van der Waals surface area contributed by atoms with Crippen LogP contribution in [0, 0.1) is 14.1 Å². The van der Waals surface area contributed by atoms with Crippen molar-refractivity contribution in [2.75, 3.05) is 11.4 Å². The van der Waals surface area contributed by atoms with Gasteiger partial charge in [0.15, 0.2) is 5.78 Å². The minimum absolute atomic E-state index is 0.0364. The van der Waals surface area contributed by atoms with Crippen molar-refractivity contribution in [3.05, 3.63) is 163 Å². The normalized spacial score (nSPS) is 10.6. The number of rotatable bonds is 7. The van der Waals surface area contributed by atoms with Crippen molar-refractivity contribution < 1.29 is 19.1 Å². The quantitative estimate of drug-likeness (QED) is 0.0985. The zero-order valence-corrected chi connectivity index (χ0v) is 32.3. The molecule has 0 spiro atoms. The first kappa shape index (κ1) is 37.6. The third-order valence-electron chi connectivity index (χ3n) is 7.67. The molecule has 5 nitrogen and oxygen atoms in total. The number of aryl methyl sites for hydroxylation is 2. The molecule has 250 valence electrons. The van der Waals surface area contributed by atoms with Gasteiger partial charge in [-0.15, -0.1) is 0 Å². The molecule has 6 aromatic rings. The number of halogens is 2. The second-order valence-corrected chi connectivity index (χ2v) is 13.3. The lowest BCUT2D eigenvalue weighted by Gasteiger charge is -2.21. The Morgan fingerprint density at radius 3 is 1.84 bits per heavy atom. The summed E-state index contributed by atoms with van der Waals surface area (Å²) < 4.78 is 7.13. The van der Waals surface area contributed by atoms with Crippen LogP contribution in [0.3, 0.4) is 0 Å². The first-order valence-corrected chi connectivity index (χ1v) is 18.2. The van der Waals surface area contributed by atoms with Crippen LogP contribution >= 0.6 is 45.2 Å². The van der Waals surface area contributed by atoms with E-state index in [0.29, 0.717) is 37.0 Å². The number of furan rings is 1. The van der Waals surface area contributed by atoms with Crippen LogP contribution in [0.5, 0.6) is 5.75 Å². The SMILES string of the molecule is C/C=C/C(=O)N(CC)c1ccccc1C.CCc1oc2ccccc2c1C(=O)c1cc(I)c(O)c(I)c1.c1ccc(-c2ccccc2)cc1. The zero-order chi connectivity index (χ0) is 35.3. The predicted octanol–water partition coefficient (Wildman–Crippen LogP) is 11.4. The van der Waals surface area contributed by atoms with Crippen LogP contribution in [0.4, 0.5) is 5.69 Å². The van der Waals surface area contributed by atoms with Crippen LogP contribution < -0.4 is 4.90 Å². The summed E-state index contributed by atoms with van der Waals surface area (Å²) in [4.78, 5) is 26.5. The molecule has 0 saturated carbocycles. The maximum Gasteiger partial charge on any atom is 0.250 e. The molecule has 6 rings (SSSR count). The number of anilines is 1. The maximum atomic E-state index is 13.0. The van der Waals surface area contributed by atoms with Gasteiger partial charge < -0.3 is 14.4 Å². The van der Waals surface area contributed by atoms with E-state index in [4.69, 9.17) is 4.42 Å². The number of allylic oxidation sites excluding steroid dienone is 1. The molecule has 0 aliphatic rings. The summed E-state index contributed by atoms with van der Waals surface area (Å²) in [6, 6.07) is 39.7. The van der Waals surface area contributed by atoms with Gasteiger partial charge >= 0.3 is 0 Å². The second kappa shape index (κ2) is 18.5. The van der Waals surface area contributed by atoms with Gasteiger partial charge in [0.05, 0.1) is 12.7 Å². The molecule has 1 N–H and O–H groups in total. The average molecular weight is 876 g/mol. The number of benzene rings is 5. The molecule has 0 atom stereocenters. The van der Waals surface area contributed by atoms with Crippen molar-refractivity contribution in [2.45, 2.75) is 34.1 Å². The lowest BCUT2D eigenvalue weighted by atomic mass is 9.99. The fourth-order valence-corrected chi connectivity index (χ4v) is 7.01. The van der Waals surface area contributed by atoms with E-state index in [2.05, 4.69) is 48.5 Å². The summed E-state index contributed by atoms with van der Waals surface area (Å²) in [5, 5.41) is 10.7. The van der Waals surface area contributed by atoms with Crippen LogP contribution in [0.15, 0.2) is 138 Å². The van der Waals surface area contributed by atoms with Crippen molar-refractivity contribution in [2.24, 2.45) is 0 Å². The van der Waals surface area contributed by atoms with Gasteiger partial charge in [-0.2, -0.15) is 0 Å². The summed E-state index contributed by atoms with van der Waals surface area (Å²) in [5.41, 5.74) is 6.57. The molecule has 0 aliphatic heterocycles. The van der Waals surface area contributed by atoms with E-state index >= 15 is 0 Å². The molecular formula is C42H39I2NO4. The maximum absolute atomic E-state index is 13.0. The molecule has 1 heterocycles. The molecule has 1 amide bonds. The van der Waals surface area contributed by atoms with Crippen molar-refractivity contribution in [3.63, 3.8) is 0 Å². The van der Waals surface area contributed by atoms with Crippen LogP contribution in [0.1, 0.15) is 48.0 Å². The minimum atomic E-state index is -0.0716. The monoisotopic (exact) mass is 875 g/mol. The number of ketones is 1. The summed E-state index contributed by atoms with van der Waals surface area (Å²) >= 11 is 4.06. The molecule has 49 heavy (non-hydrogen) atoms. The van der Waals surface area contributed by atoms with E-state index in [1.165, 1.54) is 11.1 Å². The highest BCUT2D eigenvalue weighted by Gasteiger charge is 2.22. The van der Waals surface area contributed by atoms with Gasteiger partial charge in [-0.3, -0.25) is 9.59 Å². The molecule has 0 fully saturated rings. The van der Waals surface area contributed by atoms with E-state index in [-0.39, 0.29) is 17.4 Å². The van der Waals surface area contributed by atoms with Gasteiger partial charge in [0.25, 0.3) is 5.91 Å². The van der Waals surface area contributed by atoms with Gasteiger partial charge in [0, 0.05) is 29.6 Å². The molecule has 5 aromatic carbocycles. The number of fused-ring (bicyclic) bond motifs is 1. The lowest BCUT2D eigenvalue weighted by molar-refractivity contribution is -0.114. The fourth-order valence-electron chi connectivity index (χ4n) is 5.24. The highest BCUT2D eigenvalue weighted by Crippen LogP contribution is 2.32. The molecule has 0 bridgehead atoms. The van der Waals surface area contributed by atoms with E-state index in [1.54, 1.807) is 29.2 Å². The van der Waals surface area contributed by atoms with Crippen LogP contribution in [-0.4, -0.2) is 23.3 Å². The Kier molecular flexibility index (Phi) is 14.2. The summed E-state index contributed by atoms with van der Waals surface area (Å²) in [7, 11) is 0. The van der Waals surface area contributed by atoms with Crippen molar-refractivity contribution in [3.8, 4) is 16.9 Å². The minimum Gasteiger partial charge on any atom is -0.506 e. The Hall–Kier alpha value is -4.22. The highest BCUT2D eigenvalue weighted by atomic mass is 127. The van der Waals surface area contributed by atoms with E-state index in [0.717, 1.165) is 22.2 Å². The first-order valence-electron chi connectivity index (χ1n) is 16.0. The predicted molar refractivity (Wildman–Crippen MR) is 218 cm³/mol. The number of amides is 1. The molecule has 0 radical (unpaired) electrons. The zero-order valence-electron chi connectivity index (χ0n) is 28.0. The third kappa shape index (κ3) is 9.70. The number of phenols is 1. The van der Waals surface area contributed by atoms with Crippen molar-refractivity contribution >= 4 is 73.5 Å². The van der Waals surface area contributed by atoms with E-state index < -0.39 is 0 Å². The van der Waals surface area contributed by atoms with Gasteiger partial charge in [0.2, 0.25) is 0 Å². The average Bonchev–Trinajstić information content (AvgIpc) is 3.51. The Morgan fingerprint density at radius 2 is 1.31 bits per heavy atom. The van der Waals surface area contributed by atoms with Gasteiger partial charge in [0.1, 0.15) is 17.1 Å². The van der Waals surface area contributed by atoms with Crippen LogP contribution in [0.2, 0.25) is 0 Å². The fraction of sp³-hybridized carbons (Fsp3) is 0.143. The number of hydrogen-bond donors (Lipinski definition) is 1. The van der Waals surface area contributed by atoms with E-state index in [9.17, 15) is 14.7 Å². The molecule has 0 aliphatic carbocycles. The molecule has 0 saturated heterocycles. The Balaban J connectivity index is 0.000000175. The number of phenolic OH excluding ortho intramolecular Hbond substituents is 1. The second-order valence-electron chi connectivity index (χ2n) is 11.0. The number of para-hydroxylation sites is 2. The smallest absolute Gasteiger partial charge is 0.250 e. The van der Waals surface area contributed by atoms with Crippen molar-refractivity contribution in [1.82, 2.24) is 0 Å². The molecule has 0 unspecified atom stereocenters. The standard InChI is InChI=1S/C17H12I2O3.C13H17NO.C12H10/c1-2-13-15(10-5-3-4-6-14(10)22-13)16(20)9-7-11(18)17(21)12(19)8-9;1-4-8-13(15)14(5-2)12-10-7-6-9-11(12)3;1-3-7-11(8-4-1)12-9-5-2-6-10-12/h3-8,21H,2H2,1H3;4,6-10H,5H2,1-3H3;1-10H/b;8-4+;. The van der Waals surface area contributed by atoms with Gasteiger partial charge in [-0.05, 0) is 113 Å². The lowest BCUT2D eigenvalue weighted by Crippen LogP contribution is -2.29. The van der Waals surface area contributed by atoms with Crippen molar-refractivity contribution in [1.29, 1.82) is 0 Å². The van der Waals surface area contributed by atoms with Gasteiger partial charge in [-0.25, -0.2) is 0 Å². The number of carbonyl (C=O) groups excluding carboxylic acids is 2. The topological polar surface area (TPSA) is 70.8 Å². The number of aromatic hydroxyl groups is 1. The van der Waals surface area contributed by atoms with Crippen LogP contribution in [0.25, 0.3) is 22.1 Å². The number of carbonyl (C=O) groups is 2. The largest absolute Gasteiger partial charge is 0.506 e. The summed E-state index contributed by atoms with van der Waals surface area (Å²) in [6.45, 7) is 8.51. The van der Waals surface area contributed by atoms with Gasteiger partial charge in [-0.1, -0.05) is 110 Å². The Morgan fingerprint density at radius 1 is 0.776 bits per heavy atom. The number of likely N-dealkylation sites (N-methyl/N-ethyl adjacent to an activating group) is 1. The Labute approximate surface area is 316 Å². The highest BCUT2D eigenvalue weighted by molar-refractivity contribution is 14.1. The summed E-state index contributed by atoms with van der Waals surface area (Å²) in [6.07, 6.45) is 4.02. The molecule has 7 heteroatoms. The summed E-state index contributed by atoms with van der Waals surface area (Å²) in [5.74, 6) is 0.877. The third-order valence-corrected chi connectivity index (χ3v) is 9.32.